The van der Waals surface area contributed by atoms with Crippen molar-refractivity contribution >= 4 is 23.2 Å². The lowest BCUT2D eigenvalue weighted by Gasteiger charge is -2.15. The van der Waals surface area contributed by atoms with Gasteiger partial charge in [-0.05, 0) is 31.4 Å². The highest BCUT2D eigenvalue weighted by Crippen LogP contribution is 2.16. The van der Waals surface area contributed by atoms with E-state index in [0.717, 1.165) is 0 Å². The maximum absolute atomic E-state index is 11.8. The molecule has 0 aromatic carbocycles. The van der Waals surface area contributed by atoms with Gasteiger partial charge in [0.25, 0.3) is 0 Å². The molecule has 1 heterocycles. The molecule has 3 N–H and O–H groups in total. The molecule has 0 saturated heterocycles. The summed E-state index contributed by atoms with van der Waals surface area (Å²) in [7, 11) is 0. The number of amides is 1. The van der Waals surface area contributed by atoms with Crippen LogP contribution in [0.5, 0.6) is 0 Å². The standard InChI is InChI=1S/C12H18ClN3O/c1-7(2)6-9(14)12(17)16-10-4-5-11(13)15-8(10)3/h4-5,7,9H,6,14H2,1-3H3,(H,16,17). The molecule has 0 bridgehead atoms. The first-order valence-corrected chi connectivity index (χ1v) is 5.97. The van der Waals surface area contributed by atoms with Gasteiger partial charge in [-0.3, -0.25) is 4.79 Å². The SMILES string of the molecule is Cc1nc(Cl)ccc1NC(=O)C(N)CC(C)C. The van der Waals surface area contributed by atoms with Crippen LogP contribution in [0.1, 0.15) is 26.0 Å². The second-order valence-corrected chi connectivity index (χ2v) is 4.88. The van der Waals surface area contributed by atoms with Crippen LogP contribution in [0.25, 0.3) is 0 Å². The maximum Gasteiger partial charge on any atom is 0.241 e. The highest BCUT2D eigenvalue weighted by Gasteiger charge is 2.15. The molecule has 17 heavy (non-hydrogen) atoms. The summed E-state index contributed by atoms with van der Waals surface area (Å²) in [6, 6.07) is 2.87. The number of nitrogens with zero attached hydrogens (tertiary/aromatic N) is 1. The second-order valence-electron chi connectivity index (χ2n) is 4.49. The molecule has 5 heteroatoms. The lowest BCUT2D eigenvalue weighted by molar-refractivity contribution is -0.117. The van der Waals surface area contributed by atoms with Crippen LogP contribution in [-0.2, 0) is 4.79 Å². The van der Waals surface area contributed by atoms with Gasteiger partial charge in [0.2, 0.25) is 5.91 Å². The molecule has 1 rings (SSSR count). The molecule has 1 atom stereocenters. The molecule has 0 radical (unpaired) electrons. The van der Waals surface area contributed by atoms with E-state index < -0.39 is 6.04 Å². The van der Waals surface area contributed by atoms with Crippen LogP contribution in [0.2, 0.25) is 5.15 Å². The fourth-order valence-electron chi connectivity index (χ4n) is 1.50. The molecular formula is C12H18ClN3O. The van der Waals surface area contributed by atoms with Crippen molar-refractivity contribution in [3.63, 3.8) is 0 Å². The number of rotatable bonds is 4. The minimum Gasteiger partial charge on any atom is -0.323 e. The van der Waals surface area contributed by atoms with Crippen molar-refractivity contribution in [1.29, 1.82) is 0 Å². The first-order chi connectivity index (χ1) is 7.90. The van der Waals surface area contributed by atoms with Gasteiger partial charge >= 0.3 is 0 Å². The molecule has 0 aliphatic rings. The third-order valence-corrected chi connectivity index (χ3v) is 2.58. The number of carbonyl (C=O) groups is 1. The van der Waals surface area contributed by atoms with Crippen molar-refractivity contribution in [2.24, 2.45) is 11.7 Å². The van der Waals surface area contributed by atoms with Gasteiger partial charge in [-0.2, -0.15) is 0 Å². The van der Waals surface area contributed by atoms with Gasteiger partial charge in [-0.15, -0.1) is 0 Å². The van der Waals surface area contributed by atoms with E-state index in [1.165, 1.54) is 0 Å². The maximum atomic E-state index is 11.8. The van der Waals surface area contributed by atoms with E-state index in [1.807, 2.05) is 13.8 Å². The highest BCUT2D eigenvalue weighted by atomic mass is 35.5. The van der Waals surface area contributed by atoms with Crippen molar-refractivity contribution in [2.75, 3.05) is 5.32 Å². The molecule has 0 fully saturated rings. The van der Waals surface area contributed by atoms with E-state index in [1.54, 1.807) is 19.1 Å². The van der Waals surface area contributed by atoms with Crippen LogP contribution in [0.3, 0.4) is 0 Å². The summed E-state index contributed by atoms with van der Waals surface area (Å²) in [5, 5.41) is 3.17. The summed E-state index contributed by atoms with van der Waals surface area (Å²) in [4.78, 5) is 15.8. The van der Waals surface area contributed by atoms with E-state index >= 15 is 0 Å². The average Bonchev–Trinajstić information content (AvgIpc) is 2.21. The summed E-state index contributed by atoms with van der Waals surface area (Å²) in [5.74, 6) is 0.200. The number of halogens is 1. The molecule has 4 nitrogen and oxygen atoms in total. The number of hydrogen-bond donors (Lipinski definition) is 2. The van der Waals surface area contributed by atoms with Crippen molar-refractivity contribution in [3.05, 3.63) is 23.0 Å². The number of hydrogen-bond acceptors (Lipinski definition) is 3. The summed E-state index contributed by atoms with van der Waals surface area (Å²) in [6.07, 6.45) is 0.659. The van der Waals surface area contributed by atoms with E-state index in [-0.39, 0.29) is 5.91 Å². The first-order valence-electron chi connectivity index (χ1n) is 5.59. The molecule has 0 aliphatic carbocycles. The Morgan fingerprint density at radius 2 is 2.18 bits per heavy atom. The predicted octanol–water partition coefficient (Wildman–Crippen LogP) is 2.36. The Morgan fingerprint density at radius 1 is 1.53 bits per heavy atom. The van der Waals surface area contributed by atoms with Crippen LogP contribution >= 0.6 is 11.6 Å². The molecule has 94 valence electrons. The smallest absolute Gasteiger partial charge is 0.241 e. The van der Waals surface area contributed by atoms with Crippen LogP contribution in [0.15, 0.2) is 12.1 Å². The Kier molecular flexibility index (Phi) is 4.90. The number of pyridine rings is 1. The van der Waals surface area contributed by atoms with Crippen LogP contribution in [0, 0.1) is 12.8 Å². The molecule has 0 saturated carbocycles. The zero-order chi connectivity index (χ0) is 13.0. The third-order valence-electron chi connectivity index (χ3n) is 2.37. The quantitative estimate of drug-likeness (QED) is 0.812. The number of nitrogens with one attached hydrogen (secondary N) is 1. The van der Waals surface area contributed by atoms with Crippen LogP contribution < -0.4 is 11.1 Å². The Balaban J connectivity index is 2.67. The first kappa shape index (κ1) is 13.9. The van der Waals surface area contributed by atoms with E-state index in [0.29, 0.717) is 28.9 Å². The molecule has 0 aliphatic heterocycles. The number of aryl methyl sites for hydroxylation is 1. The number of anilines is 1. The zero-order valence-corrected chi connectivity index (χ0v) is 11.1. The Bertz CT molecular complexity index is 407. The number of nitrogens with two attached hydrogens (primary N) is 1. The van der Waals surface area contributed by atoms with Crippen molar-refractivity contribution in [1.82, 2.24) is 4.98 Å². The lowest BCUT2D eigenvalue weighted by atomic mass is 10.0. The summed E-state index contributed by atoms with van der Waals surface area (Å²) in [6.45, 7) is 5.85. The van der Waals surface area contributed by atoms with Gasteiger partial charge in [-0.25, -0.2) is 4.98 Å². The highest BCUT2D eigenvalue weighted by molar-refractivity contribution is 6.29. The molecule has 1 unspecified atom stereocenters. The van der Waals surface area contributed by atoms with Gasteiger partial charge in [0.1, 0.15) is 5.15 Å². The summed E-state index contributed by atoms with van der Waals surface area (Å²) < 4.78 is 0. The van der Waals surface area contributed by atoms with Crippen LogP contribution in [0.4, 0.5) is 5.69 Å². The molecule has 1 aromatic heterocycles. The van der Waals surface area contributed by atoms with Crippen LogP contribution in [-0.4, -0.2) is 16.9 Å². The fourth-order valence-corrected chi connectivity index (χ4v) is 1.69. The Hall–Kier alpha value is -1.13. The van der Waals surface area contributed by atoms with Gasteiger partial charge < -0.3 is 11.1 Å². The van der Waals surface area contributed by atoms with Crippen molar-refractivity contribution < 1.29 is 4.79 Å². The summed E-state index contributed by atoms with van der Waals surface area (Å²) >= 11 is 5.74. The minimum absolute atomic E-state index is 0.189. The monoisotopic (exact) mass is 255 g/mol. The molecular weight excluding hydrogens is 238 g/mol. The van der Waals surface area contributed by atoms with Gasteiger partial charge in [-0.1, -0.05) is 25.4 Å². The van der Waals surface area contributed by atoms with Gasteiger partial charge in [0, 0.05) is 0 Å². The zero-order valence-electron chi connectivity index (χ0n) is 10.3. The van der Waals surface area contributed by atoms with E-state index in [2.05, 4.69) is 10.3 Å². The fraction of sp³-hybridized carbons (Fsp3) is 0.500. The average molecular weight is 256 g/mol. The normalized spacial score (nSPS) is 12.6. The summed E-state index contributed by atoms with van der Waals surface area (Å²) in [5.41, 5.74) is 7.12. The van der Waals surface area contributed by atoms with E-state index in [9.17, 15) is 4.79 Å². The Morgan fingerprint density at radius 3 is 2.71 bits per heavy atom. The predicted molar refractivity (Wildman–Crippen MR) is 70.0 cm³/mol. The van der Waals surface area contributed by atoms with Crippen molar-refractivity contribution in [2.45, 2.75) is 33.2 Å². The number of aromatic nitrogens is 1. The largest absolute Gasteiger partial charge is 0.323 e. The molecule has 1 aromatic rings. The number of carbonyl (C=O) groups excluding carboxylic acids is 1. The second kappa shape index (κ2) is 5.98. The topological polar surface area (TPSA) is 68.0 Å². The third kappa shape index (κ3) is 4.32. The van der Waals surface area contributed by atoms with E-state index in [4.69, 9.17) is 17.3 Å². The molecule has 0 spiro atoms. The Labute approximate surface area is 107 Å². The van der Waals surface area contributed by atoms with Crippen molar-refractivity contribution in [3.8, 4) is 0 Å². The van der Waals surface area contributed by atoms with Gasteiger partial charge in [0.05, 0.1) is 17.4 Å². The lowest BCUT2D eigenvalue weighted by Crippen LogP contribution is -2.36. The van der Waals surface area contributed by atoms with Gasteiger partial charge in [0.15, 0.2) is 0 Å². The molecule has 1 amide bonds. The minimum atomic E-state index is -0.495.